The number of carboxylic acids is 1. The van der Waals surface area contributed by atoms with E-state index in [2.05, 4.69) is 6.58 Å². The molecule has 0 saturated heterocycles. The van der Waals surface area contributed by atoms with Crippen molar-refractivity contribution in [1.82, 2.24) is 0 Å². The molecule has 3 N–H and O–H groups in total. The second kappa shape index (κ2) is 25.0. The lowest BCUT2D eigenvalue weighted by Crippen LogP contribution is -2.26. The summed E-state index contributed by atoms with van der Waals surface area (Å²) in [4.78, 5) is 9.60. The molecule has 0 fully saturated rings. The fourth-order valence-corrected chi connectivity index (χ4v) is 2.06. The van der Waals surface area contributed by atoms with Gasteiger partial charge in [0.2, 0.25) is 6.29 Å². The molecule has 0 heterocycles. The molecule has 1 rings (SSSR count). The van der Waals surface area contributed by atoms with E-state index in [9.17, 15) is 9.90 Å². The van der Waals surface area contributed by atoms with Crippen LogP contribution in [-0.2, 0) is 33.2 Å². The number of benzene rings is 1. The van der Waals surface area contributed by atoms with Crippen LogP contribution in [0.25, 0.3) is 0 Å². The number of aliphatic carboxylic acids is 1. The van der Waals surface area contributed by atoms with Crippen molar-refractivity contribution < 1.29 is 53.3 Å². The molecule has 0 aliphatic carbocycles. The van der Waals surface area contributed by atoms with Crippen molar-refractivity contribution in [1.29, 1.82) is 0 Å². The van der Waals surface area contributed by atoms with Crippen LogP contribution in [0.3, 0.4) is 0 Å². The molecule has 0 aliphatic heterocycles. The van der Waals surface area contributed by atoms with E-state index < -0.39 is 12.3 Å². The maximum absolute atomic E-state index is 9.60. The smallest absolute Gasteiger partial charge is 0.330 e. The van der Waals surface area contributed by atoms with Gasteiger partial charge in [0.05, 0.1) is 79.3 Å². The van der Waals surface area contributed by atoms with Crippen LogP contribution in [0.2, 0.25) is 0 Å². The van der Waals surface area contributed by atoms with Crippen LogP contribution in [0.15, 0.2) is 42.5 Å². The Bertz CT molecular complexity index is 601. The summed E-state index contributed by atoms with van der Waals surface area (Å²) < 4.78 is 37.4. The molecule has 0 saturated carbocycles. The summed E-state index contributed by atoms with van der Waals surface area (Å²) in [6.45, 7) is 9.24. The van der Waals surface area contributed by atoms with E-state index in [0.29, 0.717) is 78.4 Å². The Morgan fingerprint density at radius 2 is 1.17 bits per heavy atom. The molecule has 35 heavy (non-hydrogen) atoms. The topological polar surface area (TPSA) is 142 Å². The molecular weight excluding hydrogens is 464 g/mol. The Morgan fingerprint density at radius 3 is 1.54 bits per heavy atom. The summed E-state index contributed by atoms with van der Waals surface area (Å²) >= 11 is 0. The monoisotopic (exact) mass is 504 g/mol. The van der Waals surface area contributed by atoms with E-state index in [-0.39, 0.29) is 18.8 Å². The second-order valence-electron chi connectivity index (χ2n) is 6.78. The highest BCUT2D eigenvalue weighted by molar-refractivity contribution is 5.84. The molecule has 0 amide bonds. The number of para-hydroxylation sites is 1. The van der Waals surface area contributed by atoms with E-state index in [1.54, 1.807) is 12.1 Å². The first-order chi connectivity index (χ1) is 17.0. The molecule has 0 bridgehead atoms. The van der Waals surface area contributed by atoms with Gasteiger partial charge < -0.3 is 48.5 Å². The predicted octanol–water partition coefficient (Wildman–Crippen LogP) is 1.12. The summed E-state index contributed by atoms with van der Waals surface area (Å²) in [6, 6.07) is 9.19. The third kappa shape index (κ3) is 23.4. The first-order valence-electron chi connectivity index (χ1n) is 11.3. The predicted molar refractivity (Wildman–Crippen MR) is 128 cm³/mol. The fraction of sp³-hybridized carbons (Fsp3) is 0.625. The Hall–Kier alpha value is -2.09. The molecule has 0 aromatic heterocycles. The standard InChI is InChI=1S/C20H34O9.C4H6O2/c21-6-7-23-8-9-24-10-11-25-12-13-26-14-15-27-16-17-28-20(18-22)29-19-4-2-1-3-5-19;1-3(2)4(5)6/h1-5,20-22H,6-18H2;1H2,2H3,(H,5,6). The van der Waals surface area contributed by atoms with E-state index in [1.165, 1.54) is 6.92 Å². The third-order valence-corrected chi connectivity index (χ3v) is 3.78. The largest absolute Gasteiger partial charge is 0.478 e. The molecular formula is C24H40O11. The second-order valence-corrected chi connectivity index (χ2v) is 6.78. The van der Waals surface area contributed by atoms with Crippen molar-refractivity contribution in [3.8, 4) is 5.75 Å². The number of carboxylic acid groups (broad SMARTS) is 1. The van der Waals surface area contributed by atoms with Crippen LogP contribution in [0.5, 0.6) is 5.75 Å². The van der Waals surface area contributed by atoms with Crippen molar-refractivity contribution in [2.24, 2.45) is 0 Å². The highest BCUT2D eigenvalue weighted by Gasteiger charge is 2.08. The molecule has 1 atom stereocenters. The van der Waals surface area contributed by atoms with Crippen LogP contribution in [0.1, 0.15) is 6.92 Å². The van der Waals surface area contributed by atoms with E-state index >= 15 is 0 Å². The highest BCUT2D eigenvalue weighted by Crippen LogP contribution is 2.11. The molecule has 0 aliphatic rings. The summed E-state index contributed by atoms with van der Waals surface area (Å²) in [5.41, 5.74) is 0.176. The maximum Gasteiger partial charge on any atom is 0.330 e. The Balaban J connectivity index is 0.00000170. The van der Waals surface area contributed by atoms with Gasteiger partial charge in [0.1, 0.15) is 12.4 Å². The zero-order valence-corrected chi connectivity index (χ0v) is 20.5. The fourth-order valence-electron chi connectivity index (χ4n) is 2.06. The van der Waals surface area contributed by atoms with Crippen molar-refractivity contribution in [3.63, 3.8) is 0 Å². The van der Waals surface area contributed by atoms with Gasteiger partial charge in [0, 0.05) is 5.57 Å². The van der Waals surface area contributed by atoms with Gasteiger partial charge in [-0.25, -0.2) is 4.79 Å². The zero-order chi connectivity index (χ0) is 26.0. The van der Waals surface area contributed by atoms with Gasteiger partial charge in [-0.3, -0.25) is 0 Å². The zero-order valence-electron chi connectivity index (χ0n) is 20.5. The number of aliphatic hydroxyl groups is 2. The van der Waals surface area contributed by atoms with Crippen LogP contribution < -0.4 is 4.74 Å². The lowest BCUT2D eigenvalue weighted by molar-refractivity contribution is -0.132. The van der Waals surface area contributed by atoms with E-state index in [4.69, 9.17) is 43.4 Å². The van der Waals surface area contributed by atoms with Gasteiger partial charge in [0.15, 0.2) is 0 Å². The quantitative estimate of drug-likeness (QED) is 0.119. The lowest BCUT2D eigenvalue weighted by atomic mass is 10.3. The van der Waals surface area contributed by atoms with Crippen LogP contribution in [0, 0.1) is 0 Å². The molecule has 0 spiro atoms. The van der Waals surface area contributed by atoms with Crippen molar-refractivity contribution in [2.45, 2.75) is 13.2 Å². The summed E-state index contributed by atoms with van der Waals surface area (Å²) in [5.74, 6) is -0.295. The SMILES string of the molecule is C=C(C)C(=O)O.OCCOCCOCCOCCOCCOCCOC(CO)Oc1ccccc1. The summed E-state index contributed by atoms with van der Waals surface area (Å²) in [6.07, 6.45) is -0.716. The average molecular weight is 505 g/mol. The van der Waals surface area contributed by atoms with Crippen LogP contribution >= 0.6 is 0 Å². The van der Waals surface area contributed by atoms with Gasteiger partial charge >= 0.3 is 5.97 Å². The Morgan fingerprint density at radius 1 is 0.771 bits per heavy atom. The van der Waals surface area contributed by atoms with Gasteiger partial charge in [-0.05, 0) is 19.1 Å². The molecule has 11 heteroatoms. The van der Waals surface area contributed by atoms with Crippen LogP contribution in [-0.4, -0.2) is 113 Å². The Kier molecular flexibility index (Phi) is 23.5. The Labute approximate surface area is 207 Å². The van der Waals surface area contributed by atoms with Crippen LogP contribution in [0.4, 0.5) is 0 Å². The third-order valence-electron chi connectivity index (χ3n) is 3.78. The van der Waals surface area contributed by atoms with Crippen molar-refractivity contribution in [2.75, 3.05) is 85.9 Å². The molecule has 1 aromatic carbocycles. The van der Waals surface area contributed by atoms with Crippen molar-refractivity contribution >= 4 is 5.97 Å². The number of aliphatic hydroxyl groups excluding tert-OH is 2. The number of rotatable bonds is 22. The van der Waals surface area contributed by atoms with Gasteiger partial charge in [-0.2, -0.15) is 0 Å². The van der Waals surface area contributed by atoms with Gasteiger partial charge in [-0.1, -0.05) is 24.8 Å². The molecule has 0 radical (unpaired) electrons. The summed E-state index contributed by atoms with van der Waals surface area (Å²) in [7, 11) is 0. The normalized spacial score (nSPS) is 11.4. The number of ether oxygens (including phenoxy) is 7. The molecule has 202 valence electrons. The van der Waals surface area contributed by atoms with Gasteiger partial charge in [-0.15, -0.1) is 0 Å². The first-order valence-corrected chi connectivity index (χ1v) is 11.3. The maximum atomic E-state index is 9.60. The number of hydrogen-bond donors (Lipinski definition) is 3. The molecule has 1 aromatic rings. The molecule has 1 unspecified atom stereocenters. The highest BCUT2D eigenvalue weighted by atomic mass is 16.7. The lowest BCUT2D eigenvalue weighted by Gasteiger charge is -2.17. The first kappa shape index (κ1) is 32.9. The van der Waals surface area contributed by atoms with E-state index in [0.717, 1.165) is 0 Å². The number of carbonyl (C=O) groups is 1. The minimum absolute atomic E-state index is 0.0236. The number of hydrogen-bond acceptors (Lipinski definition) is 10. The molecule has 11 nitrogen and oxygen atoms in total. The van der Waals surface area contributed by atoms with E-state index in [1.807, 2.05) is 18.2 Å². The minimum atomic E-state index is -0.935. The minimum Gasteiger partial charge on any atom is -0.478 e. The average Bonchev–Trinajstić information content (AvgIpc) is 2.86. The van der Waals surface area contributed by atoms with Gasteiger partial charge in [0.25, 0.3) is 0 Å². The van der Waals surface area contributed by atoms with Crippen molar-refractivity contribution in [3.05, 3.63) is 42.5 Å². The summed E-state index contributed by atoms with van der Waals surface area (Å²) in [5, 5.41) is 25.7.